The average molecular weight is 279 g/mol. The lowest BCUT2D eigenvalue weighted by Crippen LogP contribution is -2.06. The quantitative estimate of drug-likeness (QED) is 0.795. The first-order valence-corrected chi connectivity index (χ1v) is 7.26. The Morgan fingerprint density at radius 3 is 2.33 bits per heavy atom. The average Bonchev–Trinajstić information content (AvgIpc) is 2.48. The van der Waals surface area contributed by atoms with Gasteiger partial charge in [-0.05, 0) is 44.0 Å². The standard InChI is InChI=1S/C19H21NO/c1-14-5-8-18(9-6-14)21-11-10-17(13-20)19-12-15(2)4-7-16(19)3/h4-9,12,17H,10-11H2,1-3H3. The third kappa shape index (κ3) is 4.10. The molecule has 0 amide bonds. The van der Waals surface area contributed by atoms with Crippen LogP contribution in [0.5, 0.6) is 5.75 Å². The molecule has 0 aliphatic carbocycles. The minimum atomic E-state index is -0.115. The van der Waals surface area contributed by atoms with Gasteiger partial charge in [-0.15, -0.1) is 0 Å². The number of ether oxygens (including phenoxy) is 1. The number of nitrogens with zero attached hydrogens (tertiary/aromatic N) is 1. The van der Waals surface area contributed by atoms with E-state index < -0.39 is 0 Å². The monoisotopic (exact) mass is 279 g/mol. The summed E-state index contributed by atoms with van der Waals surface area (Å²) in [6, 6.07) is 16.7. The maximum atomic E-state index is 9.42. The zero-order valence-electron chi connectivity index (χ0n) is 12.9. The van der Waals surface area contributed by atoms with E-state index in [4.69, 9.17) is 4.74 Å². The van der Waals surface area contributed by atoms with E-state index in [1.54, 1.807) is 0 Å². The first-order chi connectivity index (χ1) is 10.1. The Morgan fingerprint density at radius 2 is 1.67 bits per heavy atom. The molecule has 2 rings (SSSR count). The number of rotatable bonds is 5. The largest absolute Gasteiger partial charge is 0.494 e. The number of hydrogen-bond acceptors (Lipinski definition) is 2. The number of benzene rings is 2. The number of hydrogen-bond donors (Lipinski definition) is 0. The van der Waals surface area contributed by atoms with Gasteiger partial charge in [-0.1, -0.05) is 41.5 Å². The molecule has 21 heavy (non-hydrogen) atoms. The lowest BCUT2D eigenvalue weighted by molar-refractivity contribution is 0.306. The SMILES string of the molecule is Cc1ccc(OCCC(C#N)c2cc(C)ccc2C)cc1. The van der Waals surface area contributed by atoms with Crippen LogP contribution in [0.15, 0.2) is 42.5 Å². The highest BCUT2D eigenvalue weighted by atomic mass is 16.5. The Hall–Kier alpha value is -2.27. The van der Waals surface area contributed by atoms with Crippen LogP contribution in [0.25, 0.3) is 0 Å². The van der Waals surface area contributed by atoms with Gasteiger partial charge < -0.3 is 4.74 Å². The van der Waals surface area contributed by atoms with Crippen molar-refractivity contribution in [1.82, 2.24) is 0 Å². The fourth-order valence-electron chi connectivity index (χ4n) is 2.35. The normalized spacial score (nSPS) is 11.7. The van der Waals surface area contributed by atoms with Crippen LogP contribution in [0.4, 0.5) is 0 Å². The Morgan fingerprint density at radius 1 is 1.00 bits per heavy atom. The molecule has 2 aromatic rings. The fraction of sp³-hybridized carbons (Fsp3) is 0.316. The van der Waals surface area contributed by atoms with Crippen molar-refractivity contribution < 1.29 is 4.74 Å². The lowest BCUT2D eigenvalue weighted by atomic mass is 9.92. The highest BCUT2D eigenvalue weighted by Gasteiger charge is 2.13. The second kappa shape index (κ2) is 6.95. The van der Waals surface area contributed by atoms with Crippen molar-refractivity contribution >= 4 is 0 Å². The maximum Gasteiger partial charge on any atom is 0.119 e. The van der Waals surface area contributed by atoms with Gasteiger partial charge in [-0.25, -0.2) is 0 Å². The molecule has 108 valence electrons. The van der Waals surface area contributed by atoms with Crippen molar-refractivity contribution in [2.45, 2.75) is 33.1 Å². The Labute approximate surface area is 127 Å². The second-order valence-corrected chi connectivity index (χ2v) is 5.49. The first kappa shape index (κ1) is 15.1. The third-order valence-electron chi connectivity index (χ3n) is 3.66. The van der Waals surface area contributed by atoms with E-state index in [1.807, 2.05) is 24.3 Å². The number of nitriles is 1. The molecule has 0 radical (unpaired) electrons. The van der Waals surface area contributed by atoms with E-state index in [0.717, 1.165) is 11.3 Å². The van der Waals surface area contributed by atoms with E-state index in [2.05, 4.69) is 45.0 Å². The van der Waals surface area contributed by atoms with Gasteiger partial charge in [0, 0.05) is 6.42 Å². The summed E-state index contributed by atoms with van der Waals surface area (Å²) in [4.78, 5) is 0. The molecule has 0 saturated heterocycles. The zero-order chi connectivity index (χ0) is 15.2. The molecule has 2 aromatic carbocycles. The first-order valence-electron chi connectivity index (χ1n) is 7.26. The minimum absolute atomic E-state index is 0.115. The summed E-state index contributed by atoms with van der Waals surface area (Å²) < 4.78 is 5.73. The Kier molecular flexibility index (Phi) is 5.00. The minimum Gasteiger partial charge on any atom is -0.494 e. The van der Waals surface area contributed by atoms with E-state index >= 15 is 0 Å². The van der Waals surface area contributed by atoms with Gasteiger partial charge in [0.05, 0.1) is 18.6 Å². The van der Waals surface area contributed by atoms with E-state index in [1.165, 1.54) is 16.7 Å². The van der Waals surface area contributed by atoms with Crippen molar-refractivity contribution in [1.29, 1.82) is 5.26 Å². The molecule has 2 nitrogen and oxygen atoms in total. The summed E-state index contributed by atoms with van der Waals surface area (Å²) in [6.45, 7) is 6.71. The topological polar surface area (TPSA) is 33.0 Å². The van der Waals surface area contributed by atoms with Gasteiger partial charge in [0.1, 0.15) is 5.75 Å². The Balaban J connectivity index is 1.98. The molecule has 0 heterocycles. The van der Waals surface area contributed by atoms with Crippen LogP contribution >= 0.6 is 0 Å². The predicted molar refractivity (Wildman–Crippen MR) is 85.6 cm³/mol. The van der Waals surface area contributed by atoms with Gasteiger partial charge in [-0.3, -0.25) is 0 Å². The predicted octanol–water partition coefficient (Wildman–Crippen LogP) is 4.69. The molecule has 1 atom stereocenters. The molecule has 0 aromatic heterocycles. The summed E-state index contributed by atoms with van der Waals surface area (Å²) in [6.07, 6.45) is 0.703. The van der Waals surface area contributed by atoms with Crippen LogP contribution in [-0.4, -0.2) is 6.61 Å². The van der Waals surface area contributed by atoms with Crippen molar-refractivity contribution in [3.63, 3.8) is 0 Å². The smallest absolute Gasteiger partial charge is 0.119 e. The summed E-state index contributed by atoms with van der Waals surface area (Å²) in [5.41, 5.74) is 4.69. The third-order valence-corrected chi connectivity index (χ3v) is 3.66. The van der Waals surface area contributed by atoms with E-state index in [-0.39, 0.29) is 5.92 Å². The molecule has 0 saturated carbocycles. The van der Waals surface area contributed by atoms with Crippen molar-refractivity contribution in [3.8, 4) is 11.8 Å². The fourth-order valence-corrected chi connectivity index (χ4v) is 2.35. The van der Waals surface area contributed by atoms with Gasteiger partial charge in [0.15, 0.2) is 0 Å². The van der Waals surface area contributed by atoms with Crippen LogP contribution in [0.2, 0.25) is 0 Å². The molecule has 2 heteroatoms. The van der Waals surface area contributed by atoms with Crippen molar-refractivity contribution in [3.05, 3.63) is 64.7 Å². The molecule has 0 aliphatic rings. The van der Waals surface area contributed by atoms with Gasteiger partial charge in [-0.2, -0.15) is 5.26 Å². The number of aryl methyl sites for hydroxylation is 3. The highest BCUT2D eigenvalue weighted by Crippen LogP contribution is 2.24. The van der Waals surface area contributed by atoms with E-state index in [0.29, 0.717) is 13.0 Å². The van der Waals surface area contributed by atoms with Crippen LogP contribution in [0.3, 0.4) is 0 Å². The second-order valence-electron chi connectivity index (χ2n) is 5.49. The van der Waals surface area contributed by atoms with Crippen molar-refractivity contribution in [2.75, 3.05) is 6.61 Å². The summed E-state index contributed by atoms with van der Waals surface area (Å²) in [5, 5.41) is 9.42. The van der Waals surface area contributed by atoms with Crippen LogP contribution in [0.1, 0.15) is 34.6 Å². The molecular formula is C19H21NO. The van der Waals surface area contributed by atoms with Crippen LogP contribution in [-0.2, 0) is 0 Å². The van der Waals surface area contributed by atoms with Crippen LogP contribution in [0, 0.1) is 32.1 Å². The summed E-state index contributed by atoms with van der Waals surface area (Å²) in [7, 11) is 0. The van der Waals surface area contributed by atoms with Gasteiger partial charge >= 0.3 is 0 Å². The molecule has 0 bridgehead atoms. The highest BCUT2D eigenvalue weighted by molar-refractivity contribution is 5.36. The molecule has 0 N–H and O–H groups in total. The molecule has 0 spiro atoms. The maximum absolute atomic E-state index is 9.42. The van der Waals surface area contributed by atoms with E-state index in [9.17, 15) is 5.26 Å². The summed E-state index contributed by atoms with van der Waals surface area (Å²) in [5.74, 6) is 0.744. The van der Waals surface area contributed by atoms with Gasteiger partial charge in [0.25, 0.3) is 0 Å². The lowest BCUT2D eigenvalue weighted by Gasteiger charge is -2.14. The molecular weight excluding hydrogens is 258 g/mol. The Bertz CT molecular complexity index is 638. The molecule has 0 aliphatic heterocycles. The summed E-state index contributed by atoms with van der Waals surface area (Å²) >= 11 is 0. The zero-order valence-corrected chi connectivity index (χ0v) is 12.9. The molecule has 1 unspecified atom stereocenters. The van der Waals surface area contributed by atoms with Crippen LogP contribution < -0.4 is 4.74 Å². The molecule has 0 fully saturated rings. The van der Waals surface area contributed by atoms with Gasteiger partial charge in [0.2, 0.25) is 0 Å². The van der Waals surface area contributed by atoms with Crippen molar-refractivity contribution in [2.24, 2.45) is 0 Å².